The van der Waals surface area contributed by atoms with Crippen LogP contribution in [0.2, 0.25) is 0 Å². The van der Waals surface area contributed by atoms with Crippen molar-refractivity contribution in [1.29, 1.82) is 0 Å². The van der Waals surface area contributed by atoms with Gasteiger partial charge in [-0.1, -0.05) is 0 Å². The molecule has 0 bridgehead atoms. The molecule has 0 atom stereocenters. The Hall–Kier alpha value is -0.810. The van der Waals surface area contributed by atoms with Crippen molar-refractivity contribution in [3.05, 3.63) is 0 Å². The molecule has 0 radical (unpaired) electrons. The highest BCUT2D eigenvalue weighted by atomic mass is 16.6. The molecule has 110 valence electrons. The van der Waals surface area contributed by atoms with Crippen LogP contribution in [0.25, 0.3) is 0 Å². The number of hydrogen-bond acceptors (Lipinski definition) is 4. The Labute approximate surface area is 115 Å². The van der Waals surface area contributed by atoms with Gasteiger partial charge in [-0.15, -0.1) is 0 Å². The molecule has 5 heteroatoms. The molecule has 2 fully saturated rings. The first-order valence-corrected chi connectivity index (χ1v) is 7.07. The van der Waals surface area contributed by atoms with Gasteiger partial charge in [-0.3, -0.25) is 4.90 Å². The number of likely N-dealkylation sites (tertiary alicyclic amines) is 1. The molecule has 0 unspecified atom stereocenters. The Kier molecular flexibility index (Phi) is 3.80. The zero-order valence-corrected chi connectivity index (χ0v) is 12.7. The second kappa shape index (κ2) is 4.94. The second-order valence-electron chi connectivity index (χ2n) is 6.93. The van der Waals surface area contributed by atoms with Crippen molar-refractivity contribution >= 4 is 6.09 Å². The minimum Gasteiger partial charge on any atom is -0.444 e. The molecule has 1 spiro atoms. The molecular weight excluding hydrogens is 244 g/mol. The van der Waals surface area contributed by atoms with Gasteiger partial charge in [-0.25, -0.2) is 4.79 Å². The van der Waals surface area contributed by atoms with Gasteiger partial charge in [0, 0.05) is 25.7 Å². The normalized spacial score (nSPS) is 23.6. The molecule has 0 aromatic carbocycles. The Bertz CT molecular complexity index is 343. The van der Waals surface area contributed by atoms with E-state index in [1.807, 2.05) is 20.8 Å². The van der Waals surface area contributed by atoms with Crippen LogP contribution in [0.1, 0.15) is 34.6 Å². The van der Waals surface area contributed by atoms with Gasteiger partial charge < -0.3 is 14.4 Å². The molecule has 0 N–H and O–H groups in total. The molecule has 2 heterocycles. The predicted molar refractivity (Wildman–Crippen MR) is 73.2 cm³/mol. The lowest BCUT2D eigenvalue weighted by Gasteiger charge is -2.55. The van der Waals surface area contributed by atoms with Gasteiger partial charge in [0.2, 0.25) is 0 Å². The maximum absolute atomic E-state index is 12.1. The van der Waals surface area contributed by atoms with E-state index in [-0.39, 0.29) is 11.7 Å². The van der Waals surface area contributed by atoms with E-state index >= 15 is 0 Å². The van der Waals surface area contributed by atoms with E-state index in [0.717, 1.165) is 13.1 Å². The smallest absolute Gasteiger partial charge is 0.410 e. The van der Waals surface area contributed by atoms with E-state index in [0.29, 0.717) is 25.7 Å². The molecular formula is C14H26N2O3. The summed E-state index contributed by atoms with van der Waals surface area (Å²) in [5, 5.41) is 0. The summed E-state index contributed by atoms with van der Waals surface area (Å²) in [5.74, 6) is 0. The van der Waals surface area contributed by atoms with E-state index in [4.69, 9.17) is 9.47 Å². The summed E-state index contributed by atoms with van der Waals surface area (Å²) in [6, 6.07) is 0.533. The Morgan fingerprint density at radius 3 is 2.42 bits per heavy atom. The Morgan fingerprint density at radius 1 is 1.26 bits per heavy atom. The van der Waals surface area contributed by atoms with Crippen LogP contribution in [0.15, 0.2) is 0 Å². The molecule has 1 amide bonds. The number of morpholine rings is 1. The minimum atomic E-state index is -0.438. The van der Waals surface area contributed by atoms with Crippen molar-refractivity contribution in [2.24, 2.45) is 0 Å². The van der Waals surface area contributed by atoms with Gasteiger partial charge >= 0.3 is 6.09 Å². The lowest BCUT2D eigenvalue weighted by molar-refractivity contribution is -0.187. The third-order valence-electron chi connectivity index (χ3n) is 3.61. The molecule has 0 aliphatic carbocycles. The van der Waals surface area contributed by atoms with Crippen LogP contribution < -0.4 is 0 Å². The number of nitrogens with zero attached hydrogens (tertiary/aromatic N) is 2. The largest absolute Gasteiger partial charge is 0.444 e. The number of rotatable bonds is 1. The van der Waals surface area contributed by atoms with E-state index in [1.54, 1.807) is 4.90 Å². The van der Waals surface area contributed by atoms with Crippen LogP contribution in [-0.4, -0.2) is 65.9 Å². The van der Waals surface area contributed by atoms with Crippen LogP contribution in [0.3, 0.4) is 0 Å². The zero-order valence-electron chi connectivity index (χ0n) is 12.7. The second-order valence-corrected chi connectivity index (χ2v) is 6.93. The number of carbonyl (C=O) groups excluding carboxylic acids is 1. The van der Waals surface area contributed by atoms with Crippen molar-refractivity contribution in [2.75, 3.05) is 32.8 Å². The quantitative estimate of drug-likeness (QED) is 0.727. The third kappa shape index (κ3) is 3.39. The van der Waals surface area contributed by atoms with Gasteiger partial charge in [-0.2, -0.15) is 0 Å². The van der Waals surface area contributed by atoms with Gasteiger partial charge in [0.1, 0.15) is 11.2 Å². The lowest BCUT2D eigenvalue weighted by atomic mass is 9.90. The summed E-state index contributed by atoms with van der Waals surface area (Å²) in [5.41, 5.74) is -0.606. The fraction of sp³-hybridized carbons (Fsp3) is 0.929. The maximum atomic E-state index is 12.1. The summed E-state index contributed by atoms with van der Waals surface area (Å²) >= 11 is 0. The SMILES string of the molecule is CC(C)N1CC2(CN(C(=O)OC(C)(C)C)CCO2)C1. The average molecular weight is 270 g/mol. The summed E-state index contributed by atoms with van der Waals surface area (Å²) < 4.78 is 11.3. The summed E-state index contributed by atoms with van der Waals surface area (Å²) in [6.07, 6.45) is -0.224. The lowest BCUT2D eigenvalue weighted by Crippen LogP contribution is -2.71. The number of amides is 1. The fourth-order valence-corrected chi connectivity index (χ4v) is 2.58. The number of ether oxygens (including phenoxy) is 2. The van der Waals surface area contributed by atoms with Gasteiger partial charge in [-0.05, 0) is 34.6 Å². The summed E-state index contributed by atoms with van der Waals surface area (Å²) in [7, 11) is 0. The molecule has 2 saturated heterocycles. The van der Waals surface area contributed by atoms with Crippen molar-refractivity contribution in [3.63, 3.8) is 0 Å². The molecule has 19 heavy (non-hydrogen) atoms. The van der Waals surface area contributed by atoms with Crippen molar-refractivity contribution in [1.82, 2.24) is 9.80 Å². The van der Waals surface area contributed by atoms with Gasteiger partial charge in [0.25, 0.3) is 0 Å². The average Bonchev–Trinajstić information content (AvgIpc) is 2.23. The van der Waals surface area contributed by atoms with Crippen molar-refractivity contribution < 1.29 is 14.3 Å². The molecule has 2 aliphatic heterocycles. The van der Waals surface area contributed by atoms with Crippen LogP contribution in [0.4, 0.5) is 4.79 Å². The highest BCUT2D eigenvalue weighted by Crippen LogP contribution is 2.31. The van der Waals surface area contributed by atoms with Gasteiger partial charge in [0.15, 0.2) is 0 Å². The van der Waals surface area contributed by atoms with Crippen LogP contribution in [0.5, 0.6) is 0 Å². The minimum absolute atomic E-state index is 0.167. The topological polar surface area (TPSA) is 42.0 Å². The Morgan fingerprint density at radius 2 is 1.89 bits per heavy atom. The van der Waals surface area contributed by atoms with Crippen molar-refractivity contribution in [3.8, 4) is 0 Å². The van der Waals surface area contributed by atoms with Crippen LogP contribution in [0, 0.1) is 0 Å². The summed E-state index contributed by atoms with van der Waals surface area (Å²) in [4.78, 5) is 16.2. The first-order valence-electron chi connectivity index (χ1n) is 7.07. The van der Waals surface area contributed by atoms with Crippen LogP contribution >= 0.6 is 0 Å². The maximum Gasteiger partial charge on any atom is 0.410 e. The molecule has 0 aromatic rings. The van der Waals surface area contributed by atoms with Crippen molar-refractivity contribution in [2.45, 2.75) is 51.9 Å². The summed E-state index contributed by atoms with van der Waals surface area (Å²) in [6.45, 7) is 13.7. The van der Waals surface area contributed by atoms with Crippen LogP contribution in [-0.2, 0) is 9.47 Å². The third-order valence-corrected chi connectivity index (χ3v) is 3.61. The zero-order chi connectivity index (χ0) is 14.3. The molecule has 0 aromatic heterocycles. The monoisotopic (exact) mass is 270 g/mol. The van der Waals surface area contributed by atoms with E-state index in [9.17, 15) is 4.79 Å². The van der Waals surface area contributed by atoms with Gasteiger partial charge in [0.05, 0.1) is 13.2 Å². The molecule has 0 saturated carbocycles. The first kappa shape index (κ1) is 14.6. The number of hydrogen-bond donors (Lipinski definition) is 0. The Balaban J connectivity index is 1.90. The van der Waals surface area contributed by atoms with E-state index in [1.165, 1.54) is 0 Å². The van der Waals surface area contributed by atoms with E-state index < -0.39 is 5.60 Å². The first-order chi connectivity index (χ1) is 8.71. The molecule has 2 aliphatic rings. The van der Waals surface area contributed by atoms with E-state index in [2.05, 4.69) is 18.7 Å². The molecule has 2 rings (SSSR count). The highest BCUT2D eigenvalue weighted by Gasteiger charge is 2.49. The standard InChI is InChI=1S/C14H26N2O3/c1-11(2)16-9-14(10-16)8-15(6-7-18-14)12(17)19-13(3,4)5/h11H,6-10H2,1-5H3. The highest BCUT2D eigenvalue weighted by molar-refractivity contribution is 5.68. The molecule has 5 nitrogen and oxygen atoms in total. The number of carbonyl (C=O) groups is 1. The fourth-order valence-electron chi connectivity index (χ4n) is 2.58. The predicted octanol–water partition coefficient (Wildman–Crippen LogP) is 1.72.